The summed E-state index contributed by atoms with van der Waals surface area (Å²) in [4.78, 5) is 0. The second-order valence-electron chi connectivity index (χ2n) is 3.68. The monoisotopic (exact) mass is 248 g/mol. The van der Waals surface area contributed by atoms with E-state index in [4.69, 9.17) is 4.74 Å². The number of allylic oxidation sites excluding steroid dienone is 4. The van der Waals surface area contributed by atoms with Gasteiger partial charge in [-0.25, -0.2) is 4.39 Å². The summed E-state index contributed by atoms with van der Waals surface area (Å²) >= 11 is 4.25. The van der Waals surface area contributed by atoms with Crippen molar-refractivity contribution < 1.29 is 9.13 Å². The molecule has 0 aromatic heterocycles. The number of ether oxygens (including phenoxy) is 1. The van der Waals surface area contributed by atoms with E-state index in [0.717, 1.165) is 17.8 Å². The predicted molar refractivity (Wildman–Crippen MR) is 70.8 cm³/mol. The molecule has 0 bridgehead atoms. The standard InChI is InChI=1S/C14H13FOS/c15-12-5-7-13(8-6-12)16-14-4-2-1-3-11(9-14)10-17/h2-9,17H,1,10H2. The highest BCUT2D eigenvalue weighted by Crippen LogP contribution is 2.18. The molecule has 0 N–H and O–H groups in total. The maximum atomic E-state index is 12.7. The first-order valence-electron chi connectivity index (χ1n) is 5.39. The van der Waals surface area contributed by atoms with Crippen molar-refractivity contribution in [2.24, 2.45) is 0 Å². The fourth-order valence-corrected chi connectivity index (χ4v) is 1.73. The third-order valence-electron chi connectivity index (χ3n) is 2.36. The Balaban J connectivity index is 2.15. The van der Waals surface area contributed by atoms with Crippen LogP contribution < -0.4 is 4.74 Å². The Morgan fingerprint density at radius 2 is 2.00 bits per heavy atom. The average Bonchev–Trinajstić information content (AvgIpc) is 2.57. The van der Waals surface area contributed by atoms with Crippen LogP contribution in [-0.4, -0.2) is 5.75 Å². The summed E-state index contributed by atoms with van der Waals surface area (Å²) in [5.74, 6) is 1.79. The van der Waals surface area contributed by atoms with Crippen LogP contribution in [0.3, 0.4) is 0 Å². The van der Waals surface area contributed by atoms with Crippen molar-refractivity contribution in [3.05, 3.63) is 65.7 Å². The zero-order valence-electron chi connectivity index (χ0n) is 9.27. The molecular formula is C14H13FOS. The third-order valence-corrected chi connectivity index (χ3v) is 2.72. The SMILES string of the molecule is Fc1ccc(OC2=CC(CS)=CCC=C2)cc1. The van der Waals surface area contributed by atoms with Gasteiger partial charge in [-0.05, 0) is 48.4 Å². The maximum Gasteiger partial charge on any atom is 0.127 e. The largest absolute Gasteiger partial charge is 0.457 e. The quantitative estimate of drug-likeness (QED) is 0.798. The molecule has 0 aliphatic heterocycles. The van der Waals surface area contributed by atoms with Gasteiger partial charge in [-0.15, -0.1) is 0 Å². The first kappa shape index (κ1) is 12.0. The molecule has 3 heteroatoms. The molecule has 0 saturated heterocycles. The van der Waals surface area contributed by atoms with Gasteiger partial charge in [0.05, 0.1) is 0 Å². The van der Waals surface area contributed by atoms with Crippen LogP contribution in [0.25, 0.3) is 0 Å². The summed E-state index contributed by atoms with van der Waals surface area (Å²) < 4.78 is 18.4. The smallest absolute Gasteiger partial charge is 0.127 e. The molecule has 1 nitrogen and oxygen atoms in total. The highest BCUT2D eigenvalue weighted by molar-refractivity contribution is 7.80. The van der Waals surface area contributed by atoms with E-state index in [1.54, 1.807) is 12.1 Å². The normalized spacial score (nSPS) is 14.9. The van der Waals surface area contributed by atoms with E-state index >= 15 is 0 Å². The Kier molecular flexibility index (Phi) is 4.04. The van der Waals surface area contributed by atoms with E-state index in [1.165, 1.54) is 12.1 Å². The Morgan fingerprint density at radius 1 is 1.24 bits per heavy atom. The van der Waals surface area contributed by atoms with Crippen LogP contribution in [0, 0.1) is 5.82 Å². The second kappa shape index (κ2) is 5.73. The van der Waals surface area contributed by atoms with Gasteiger partial charge in [-0.2, -0.15) is 12.6 Å². The molecule has 0 unspecified atom stereocenters. The molecule has 1 aliphatic carbocycles. The molecule has 0 saturated carbocycles. The fraction of sp³-hybridized carbons (Fsp3) is 0.143. The van der Waals surface area contributed by atoms with Crippen LogP contribution in [0.4, 0.5) is 4.39 Å². The molecule has 0 heterocycles. The van der Waals surface area contributed by atoms with Crippen LogP contribution in [0.2, 0.25) is 0 Å². The molecule has 0 amide bonds. The molecule has 0 radical (unpaired) electrons. The number of benzene rings is 1. The van der Waals surface area contributed by atoms with Crippen molar-refractivity contribution in [1.29, 1.82) is 0 Å². The lowest BCUT2D eigenvalue weighted by molar-refractivity contribution is 0.442. The molecule has 0 atom stereocenters. The molecule has 1 aromatic carbocycles. The lowest BCUT2D eigenvalue weighted by Crippen LogP contribution is -1.93. The minimum atomic E-state index is -0.265. The summed E-state index contributed by atoms with van der Waals surface area (Å²) in [5.41, 5.74) is 1.12. The summed E-state index contributed by atoms with van der Waals surface area (Å²) in [7, 11) is 0. The van der Waals surface area contributed by atoms with Crippen LogP contribution in [-0.2, 0) is 0 Å². The van der Waals surface area contributed by atoms with E-state index in [2.05, 4.69) is 18.7 Å². The van der Waals surface area contributed by atoms with Crippen molar-refractivity contribution in [2.75, 3.05) is 5.75 Å². The Labute approximate surface area is 106 Å². The molecule has 2 rings (SSSR count). The van der Waals surface area contributed by atoms with Crippen molar-refractivity contribution in [2.45, 2.75) is 6.42 Å². The number of hydrogen-bond acceptors (Lipinski definition) is 2. The highest BCUT2D eigenvalue weighted by atomic mass is 32.1. The molecule has 1 aromatic rings. The number of halogens is 1. The number of thiol groups is 1. The van der Waals surface area contributed by atoms with E-state index in [-0.39, 0.29) is 5.82 Å². The first-order chi connectivity index (χ1) is 8.28. The van der Waals surface area contributed by atoms with Crippen LogP contribution >= 0.6 is 12.6 Å². The van der Waals surface area contributed by atoms with Crippen LogP contribution in [0.15, 0.2) is 59.9 Å². The Bertz CT molecular complexity index is 472. The summed E-state index contributed by atoms with van der Waals surface area (Å²) in [6.07, 6.45) is 8.86. The van der Waals surface area contributed by atoms with Gasteiger partial charge in [0, 0.05) is 5.75 Å². The third kappa shape index (κ3) is 3.49. The predicted octanol–water partition coefficient (Wildman–Crippen LogP) is 3.90. The number of rotatable bonds is 3. The van der Waals surface area contributed by atoms with Gasteiger partial charge < -0.3 is 4.74 Å². The van der Waals surface area contributed by atoms with Crippen molar-refractivity contribution in [3.63, 3.8) is 0 Å². The molecule has 1 aliphatic rings. The lowest BCUT2D eigenvalue weighted by atomic mass is 10.2. The van der Waals surface area contributed by atoms with Crippen molar-refractivity contribution in [1.82, 2.24) is 0 Å². The summed E-state index contributed by atoms with van der Waals surface area (Å²) in [6.45, 7) is 0. The van der Waals surface area contributed by atoms with Crippen molar-refractivity contribution >= 4 is 12.6 Å². The first-order valence-corrected chi connectivity index (χ1v) is 6.03. The van der Waals surface area contributed by atoms with Gasteiger partial charge in [0.1, 0.15) is 17.3 Å². The topological polar surface area (TPSA) is 9.23 Å². The zero-order valence-corrected chi connectivity index (χ0v) is 10.2. The van der Waals surface area contributed by atoms with E-state index in [0.29, 0.717) is 11.5 Å². The minimum Gasteiger partial charge on any atom is -0.457 e. The molecule has 17 heavy (non-hydrogen) atoms. The highest BCUT2D eigenvalue weighted by Gasteiger charge is 2.02. The lowest BCUT2D eigenvalue weighted by Gasteiger charge is -2.06. The van der Waals surface area contributed by atoms with E-state index in [9.17, 15) is 4.39 Å². The molecule has 88 valence electrons. The zero-order chi connectivity index (χ0) is 12.1. The van der Waals surface area contributed by atoms with Gasteiger partial charge in [-0.3, -0.25) is 0 Å². The average molecular weight is 248 g/mol. The molecular weight excluding hydrogens is 235 g/mol. The van der Waals surface area contributed by atoms with Crippen LogP contribution in [0.5, 0.6) is 5.75 Å². The Morgan fingerprint density at radius 3 is 2.71 bits per heavy atom. The Hall–Kier alpha value is -1.48. The van der Waals surface area contributed by atoms with E-state index < -0.39 is 0 Å². The van der Waals surface area contributed by atoms with Crippen molar-refractivity contribution in [3.8, 4) is 5.75 Å². The van der Waals surface area contributed by atoms with Gasteiger partial charge >= 0.3 is 0 Å². The summed E-state index contributed by atoms with van der Waals surface area (Å²) in [5, 5.41) is 0. The van der Waals surface area contributed by atoms with E-state index in [1.807, 2.05) is 18.2 Å². The van der Waals surface area contributed by atoms with Gasteiger partial charge in [-0.1, -0.05) is 12.2 Å². The van der Waals surface area contributed by atoms with Crippen LogP contribution in [0.1, 0.15) is 6.42 Å². The van der Waals surface area contributed by atoms with Gasteiger partial charge in [0.25, 0.3) is 0 Å². The number of hydrogen-bond donors (Lipinski definition) is 1. The minimum absolute atomic E-state index is 0.265. The maximum absolute atomic E-state index is 12.7. The van der Waals surface area contributed by atoms with Gasteiger partial charge in [0.2, 0.25) is 0 Å². The van der Waals surface area contributed by atoms with Gasteiger partial charge in [0.15, 0.2) is 0 Å². The molecule has 0 spiro atoms. The fourth-order valence-electron chi connectivity index (χ4n) is 1.51. The second-order valence-corrected chi connectivity index (χ2v) is 3.99. The summed E-state index contributed by atoms with van der Waals surface area (Å²) in [6, 6.07) is 5.98. The molecule has 0 fully saturated rings.